The summed E-state index contributed by atoms with van der Waals surface area (Å²) >= 11 is 4.70. The number of thiazole rings is 2. The summed E-state index contributed by atoms with van der Waals surface area (Å²) in [5, 5.41) is 9.35. The van der Waals surface area contributed by atoms with Gasteiger partial charge in [-0.3, -0.25) is 4.79 Å². The van der Waals surface area contributed by atoms with E-state index in [9.17, 15) is 4.79 Å². The second-order valence-corrected chi connectivity index (χ2v) is 14.1. The second-order valence-electron chi connectivity index (χ2n) is 11.2. The fourth-order valence-corrected chi connectivity index (χ4v) is 8.32. The minimum absolute atomic E-state index is 0.121. The number of benzene rings is 2. The van der Waals surface area contributed by atoms with Gasteiger partial charge in [0.1, 0.15) is 38.8 Å². The fourth-order valence-electron chi connectivity index (χ4n) is 5.73. The molecule has 0 bridgehead atoms. The van der Waals surface area contributed by atoms with Crippen LogP contribution in [0, 0.1) is 5.92 Å². The lowest BCUT2D eigenvalue weighted by atomic mass is 9.92. The number of rotatable bonds is 10. The average molecular weight is 659 g/mol. The first-order valence-electron chi connectivity index (χ1n) is 15.3. The van der Waals surface area contributed by atoms with E-state index in [0.29, 0.717) is 18.1 Å². The Labute approximate surface area is 273 Å². The minimum Gasteiger partial charge on any atom is -0.497 e. The van der Waals surface area contributed by atoms with E-state index in [0.717, 1.165) is 91.0 Å². The van der Waals surface area contributed by atoms with Crippen molar-refractivity contribution in [3.05, 3.63) is 64.2 Å². The molecule has 7 rings (SSSR count). The molecule has 5 heterocycles. The third-order valence-corrected chi connectivity index (χ3v) is 11.3. The lowest BCUT2D eigenvalue weighted by molar-refractivity contribution is 0.0686. The summed E-state index contributed by atoms with van der Waals surface area (Å²) in [6, 6.07) is 11.6. The van der Waals surface area contributed by atoms with E-state index in [4.69, 9.17) is 24.4 Å². The number of fused-ring (bicyclic) bond motifs is 2. The van der Waals surface area contributed by atoms with Gasteiger partial charge >= 0.3 is 0 Å². The number of imidazole rings is 1. The maximum absolute atomic E-state index is 13.1. The first kappa shape index (κ1) is 29.8. The molecule has 0 atom stereocenters. The van der Waals surface area contributed by atoms with Crippen molar-refractivity contribution in [1.82, 2.24) is 29.5 Å². The van der Waals surface area contributed by atoms with Gasteiger partial charge in [0.05, 0.1) is 29.2 Å². The number of nitrogens with zero attached hydrogens (tertiary/aromatic N) is 6. The van der Waals surface area contributed by atoms with Crippen LogP contribution in [0.5, 0.6) is 11.5 Å². The summed E-state index contributed by atoms with van der Waals surface area (Å²) in [5.41, 5.74) is 4.13. The summed E-state index contributed by atoms with van der Waals surface area (Å²) in [6.45, 7) is 6.33. The Kier molecular flexibility index (Phi) is 8.52. The molecule has 1 fully saturated rings. The van der Waals surface area contributed by atoms with Crippen molar-refractivity contribution < 1.29 is 14.3 Å². The molecular formula is C33H34N6O3S3. The van der Waals surface area contributed by atoms with E-state index in [1.807, 2.05) is 57.4 Å². The van der Waals surface area contributed by atoms with E-state index in [-0.39, 0.29) is 5.91 Å². The number of carbonyl (C=O) groups is 1. The number of piperidine rings is 1. The largest absolute Gasteiger partial charge is 0.497 e. The van der Waals surface area contributed by atoms with Crippen molar-refractivity contribution in [1.29, 1.82) is 0 Å². The third-order valence-electron chi connectivity index (χ3n) is 8.18. The first-order valence-corrected chi connectivity index (χ1v) is 17.8. The van der Waals surface area contributed by atoms with Gasteiger partial charge in [-0.1, -0.05) is 50.2 Å². The molecular weight excluding hydrogens is 625 g/mol. The molecule has 0 N–H and O–H groups in total. The van der Waals surface area contributed by atoms with Crippen molar-refractivity contribution in [3.63, 3.8) is 0 Å². The van der Waals surface area contributed by atoms with Crippen molar-refractivity contribution >= 4 is 55.1 Å². The number of hydrogen-bond acceptors (Lipinski definition) is 10. The summed E-state index contributed by atoms with van der Waals surface area (Å²) in [4.78, 5) is 30.4. The minimum atomic E-state index is 0.121. The molecule has 0 spiro atoms. The lowest BCUT2D eigenvalue weighted by Gasteiger charge is -2.32. The molecule has 12 heteroatoms. The maximum Gasteiger partial charge on any atom is 0.253 e. The summed E-state index contributed by atoms with van der Waals surface area (Å²) in [5.74, 6) is 2.24. The molecule has 0 aliphatic carbocycles. The van der Waals surface area contributed by atoms with E-state index in [1.165, 1.54) is 24.2 Å². The zero-order chi connectivity index (χ0) is 30.9. The molecule has 4 aromatic heterocycles. The van der Waals surface area contributed by atoms with Crippen LogP contribution in [0.1, 0.15) is 60.6 Å². The molecule has 0 radical (unpaired) electrons. The molecule has 1 aliphatic heterocycles. The predicted molar refractivity (Wildman–Crippen MR) is 181 cm³/mol. The zero-order valence-electron chi connectivity index (χ0n) is 25.5. The molecule has 0 unspecified atom stereocenters. The van der Waals surface area contributed by atoms with Crippen LogP contribution in [0.4, 0.5) is 0 Å². The van der Waals surface area contributed by atoms with E-state index in [1.54, 1.807) is 29.8 Å². The standard InChI is InChI=1S/C33H34N6O3S3/c1-4-6-20-11-13-38(14-12-20)32(40)22-9-7-21(8-10-22)30-34-23(19-43-30)18-42-27-16-24(41-3)15-25-29(27)45-31(35-25)26-17-39-33(36-26)44-28(5-2)37-39/h7-10,15-17,19-20H,4-6,11-14,18H2,1-3H3. The highest BCUT2D eigenvalue weighted by Crippen LogP contribution is 2.39. The topological polar surface area (TPSA) is 94.7 Å². The number of methoxy groups -OCH3 is 1. The number of aromatic nitrogens is 5. The molecule has 1 aliphatic rings. The van der Waals surface area contributed by atoms with Crippen molar-refractivity contribution in [2.75, 3.05) is 20.2 Å². The van der Waals surface area contributed by atoms with Gasteiger partial charge in [-0.2, -0.15) is 5.10 Å². The number of carbonyl (C=O) groups excluding carboxylic acids is 1. The monoisotopic (exact) mass is 658 g/mol. The zero-order valence-corrected chi connectivity index (χ0v) is 27.9. The van der Waals surface area contributed by atoms with Crippen LogP contribution in [0.2, 0.25) is 0 Å². The molecule has 232 valence electrons. The van der Waals surface area contributed by atoms with E-state index < -0.39 is 0 Å². The van der Waals surface area contributed by atoms with Gasteiger partial charge in [0.15, 0.2) is 0 Å². The molecule has 1 amide bonds. The van der Waals surface area contributed by atoms with Crippen LogP contribution >= 0.6 is 34.0 Å². The Morgan fingerprint density at radius 1 is 1.02 bits per heavy atom. The van der Waals surface area contributed by atoms with Crippen molar-refractivity contribution in [3.8, 4) is 32.8 Å². The van der Waals surface area contributed by atoms with Crippen LogP contribution in [0.25, 0.3) is 36.5 Å². The second kappa shape index (κ2) is 12.9. The normalized spacial score (nSPS) is 14.1. The molecule has 6 aromatic rings. The first-order chi connectivity index (χ1) is 22.0. The molecule has 2 aromatic carbocycles. The quantitative estimate of drug-likeness (QED) is 0.147. The van der Waals surface area contributed by atoms with Crippen LogP contribution in [-0.4, -0.2) is 55.6 Å². The number of amides is 1. The Hall–Kier alpha value is -3.87. The van der Waals surface area contributed by atoms with Crippen LogP contribution < -0.4 is 9.47 Å². The van der Waals surface area contributed by atoms with Crippen molar-refractivity contribution in [2.45, 2.75) is 52.6 Å². The van der Waals surface area contributed by atoms with Gasteiger partial charge in [-0.15, -0.1) is 22.7 Å². The fraction of sp³-hybridized carbons (Fsp3) is 0.364. The lowest BCUT2D eigenvalue weighted by Crippen LogP contribution is -2.38. The van der Waals surface area contributed by atoms with E-state index in [2.05, 4.69) is 18.9 Å². The molecule has 45 heavy (non-hydrogen) atoms. The Morgan fingerprint density at radius 3 is 2.58 bits per heavy atom. The highest BCUT2D eigenvalue weighted by Gasteiger charge is 2.23. The Morgan fingerprint density at radius 2 is 1.84 bits per heavy atom. The summed E-state index contributed by atoms with van der Waals surface area (Å²) in [7, 11) is 1.64. The third kappa shape index (κ3) is 6.18. The van der Waals surface area contributed by atoms with Crippen LogP contribution in [-0.2, 0) is 13.0 Å². The molecule has 9 nitrogen and oxygen atoms in total. The average Bonchev–Trinajstić information content (AvgIpc) is 3.87. The van der Waals surface area contributed by atoms with Gasteiger partial charge in [0.25, 0.3) is 5.91 Å². The highest BCUT2D eigenvalue weighted by molar-refractivity contribution is 7.22. The SMILES string of the molecule is CCCC1CCN(C(=O)c2ccc(-c3nc(COc4cc(OC)cc5nc(-c6cn7nc(CC)sc7n6)sc45)cs3)cc2)CC1. The number of aryl methyl sites for hydroxylation is 1. The van der Waals surface area contributed by atoms with Crippen LogP contribution in [0.15, 0.2) is 48.0 Å². The number of ether oxygens (including phenoxy) is 2. The van der Waals surface area contributed by atoms with Gasteiger partial charge < -0.3 is 14.4 Å². The van der Waals surface area contributed by atoms with Gasteiger partial charge in [-0.25, -0.2) is 19.5 Å². The highest BCUT2D eigenvalue weighted by atomic mass is 32.1. The Bertz CT molecular complexity index is 1920. The number of likely N-dealkylation sites (tertiary alicyclic amines) is 1. The Balaban J connectivity index is 1.04. The predicted octanol–water partition coefficient (Wildman–Crippen LogP) is 7.99. The van der Waals surface area contributed by atoms with Crippen LogP contribution in [0.3, 0.4) is 0 Å². The number of hydrogen-bond donors (Lipinski definition) is 0. The molecule has 0 saturated carbocycles. The van der Waals surface area contributed by atoms with Crippen molar-refractivity contribution in [2.24, 2.45) is 5.92 Å². The van der Waals surface area contributed by atoms with Gasteiger partial charge in [0, 0.05) is 41.7 Å². The van der Waals surface area contributed by atoms with E-state index >= 15 is 0 Å². The maximum atomic E-state index is 13.1. The molecule has 1 saturated heterocycles. The van der Waals surface area contributed by atoms with Gasteiger partial charge in [0.2, 0.25) is 4.96 Å². The van der Waals surface area contributed by atoms with Gasteiger partial charge in [-0.05, 0) is 37.3 Å². The summed E-state index contributed by atoms with van der Waals surface area (Å²) < 4.78 is 14.6. The summed E-state index contributed by atoms with van der Waals surface area (Å²) in [6.07, 6.45) is 7.50. The smallest absolute Gasteiger partial charge is 0.253 e.